The van der Waals surface area contributed by atoms with Gasteiger partial charge in [-0.15, -0.1) is 0 Å². The number of hydrogen-bond acceptors (Lipinski definition) is 3. The van der Waals surface area contributed by atoms with Crippen molar-refractivity contribution < 1.29 is 0 Å². The molecule has 94 valence electrons. The van der Waals surface area contributed by atoms with Crippen molar-refractivity contribution in [3.63, 3.8) is 0 Å². The molecule has 0 bridgehead atoms. The van der Waals surface area contributed by atoms with Gasteiger partial charge in [0.15, 0.2) is 0 Å². The van der Waals surface area contributed by atoms with Gasteiger partial charge in [-0.25, -0.2) is 9.97 Å². The molecule has 0 radical (unpaired) electrons. The lowest BCUT2D eigenvalue weighted by Gasteiger charge is -2.13. The molecule has 17 heavy (non-hydrogen) atoms. The largest absolute Gasteiger partial charge is 0.328 e. The van der Waals surface area contributed by atoms with Gasteiger partial charge in [0, 0.05) is 17.4 Å². The highest BCUT2D eigenvalue weighted by atomic mass is 14.9. The van der Waals surface area contributed by atoms with E-state index in [1.165, 1.54) is 36.2 Å². The average Bonchev–Trinajstić information content (AvgIpc) is 3.03. The molecule has 1 heterocycles. The van der Waals surface area contributed by atoms with E-state index in [-0.39, 0.29) is 6.04 Å². The van der Waals surface area contributed by atoms with Gasteiger partial charge in [-0.3, -0.25) is 0 Å². The number of aryl methyl sites for hydroxylation is 3. The zero-order chi connectivity index (χ0) is 12.4. The van der Waals surface area contributed by atoms with Crippen LogP contribution in [0, 0.1) is 19.8 Å². The summed E-state index contributed by atoms with van der Waals surface area (Å²) in [6.45, 7) is 6.15. The van der Waals surface area contributed by atoms with Crippen molar-refractivity contribution in [2.24, 2.45) is 11.7 Å². The minimum Gasteiger partial charge on any atom is -0.328 e. The normalized spacial score (nSPS) is 17.2. The maximum Gasteiger partial charge on any atom is 0.125 e. The van der Waals surface area contributed by atoms with Gasteiger partial charge in [-0.2, -0.15) is 0 Å². The molecular weight excluding hydrogens is 210 g/mol. The Balaban J connectivity index is 2.19. The van der Waals surface area contributed by atoms with Crippen molar-refractivity contribution in [2.75, 3.05) is 0 Å². The molecular formula is C14H23N3. The van der Waals surface area contributed by atoms with Gasteiger partial charge in [0.05, 0.1) is 0 Å². The van der Waals surface area contributed by atoms with Crippen LogP contribution in [0.1, 0.15) is 49.0 Å². The smallest absolute Gasteiger partial charge is 0.125 e. The van der Waals surface area contributed by atoms with Gasteiger partial charge < -0.3 is 5.73 Å². The molecule has 0 amide bonds. The highest BCUT2D eigenvalue weighted by molar-refractivity contribution is 5.26. The van der Waals surface area contributed by atoms with E-state index in [4.69, 9.17) is 5.73 Å². The molecule has 1 aliphatic carbocycles. The molecule has 1 unspecified atom stereocenters. The van der Waals surface area contributed by atoms with Crippen LogP contribution in [0.3, 0.4) is 0 Å². The lowest BCUT2D eigenvalue weighted by molar-refractivity contribution is 0.645. The molecule has 1 aromatic heterocycles. The third kappa shape index (κ3) is 3.50. The van der Waals surface area contributed by atoms with E-state index in [0.717, 1.165) is 24.6 Å². The standard InChI is InChI=1S/C14H23N3/c1-9(15)4-7-14-13(8-12-5-6-12)10(2)16-11(3)17-14/h9,12H,4-8,15H2,1-3H3. The first-order chi connectivity index (χ1) is 8.06. The predicted octanol–water partition coefficient (Wildman–Crippen LogP) is 2.33. The first-order valence-corrected chi connectivity index (χ1v) is 6.65. The highest BCUT2D eigenvalue weighted by Crippen LogP contribution is 2.34. The summed E-state index contributed by atoms with van der Waals surface area (Å²) in [5, 5.41) is 0. The number of aromatic nitrogens is 2. The van der Waals surface area contributed by atoms with Crippen LogP contribution < -0.4 is 5.73 Å². The van der Waals surface area contributed by atoms with Gasteiger partial charge in [-0.1, -0.05) is 0 Å². The monoisotopic (exact) mass is 233 g/mol. The maximum atomic E-state index is 5.84. The molecule has 1 aromatic rings. The van der Waals surface area contributed by atoms with Crippen LogP contribution in [0.2, 0.25) is 0 Å². The van der Waals surface area contributed by atoms with Gasteiger partial charge in [0.2, 0.25) is 0 Å². The minimum absolute atomic E-state index is 0.249. The summed E-state index contributed by atoms with van der Waals surface area (Å²) in [5.74, 6) is 1.77. The molecule has 1 fully saturated rings. The second kappa shape index (κ2) is 5.13. The fourth-order valence-electron chi connectivity index (χ4n) is 2.25. The Morgan fingerprint density at radius 1 is 1.29 bits per heavy atom. The number of rotatable bonds is 5. The number of nitrogens with two attached hydrogens (primary N) is 1. The van der Waals surface area contributed by atoms with Crippen LogP contribution in [0.5, 0.6) is 0 Å². The first kappa shape index (κ1) is 12.5. The van der Waals surface area contributed by atoms with E-state index in [9.17, 15) is 0 Å². The summed E-state index contributed by atoms with van der Waals surface area (Å²) in [7, 11) is 0. The quantitative estimate of drug-likeness (QED) is 0.849. The Morgan fingerprint density at radius 3 is 2.59 bits per heavy atom. The third-order valence-electron chi connectivity index (χ3n) is 3.44. The Kier molecular flexibility index (Phi) is 3.77. The fraction of sp³-hybridized carbons (Fsp3) is 0.714. The Hall–Kier alpha value is -0.960. The first-order valence-electron chi connectivity index (χ1n) is 6.65. The molecule has 0 aliphatic heterocycles. The topological polar surface area (TPSA) is 51.8 Å². The minimum atomic E-state index is 0.249. The van der Waals surface area contributed by atoms with E-state index in [0.29, 0.717) is 0 Å². The highest BCUT2D eigenvalue weighted by Gasteiger charge is 2.24. The van der Waals surface area contributed by atoms with Gasteiger partial charge >= 0.3 is 0 Å². The van der Waals surface area contributed by atoms with Gasteiger partial charge in [-0.05, 0) is 64.4 Å². The lowest BCUT2D eigenvalue weighted by atomic mass is 10.0. The van der Waals surface area contributed by atoms with E-state index in [1.54, 1.807) is 0 Å². The Labute approximate surface area is 104 Å². The zero-order valence-corrected chi connectivity index (χ0v) is 11.2. The second-order valence-electron chi connectivity index (χ2n) is 5.44. The summed E-state index contributed by atoms with van der Waals surface area (Å²) in [4.78, 5) is 9.12. The SMILES string of the molecule is Cc1nc(C)c(CC2CC2)c(CCC(C)N)n1. The lowest BCUT2D eigenvalue weighted by Crippen LogP contribution is -2.17. The van der Waals surface area contributed by atoms with Crippen LogP contribution >= 0.6 is 0 Å². The van der Waals surface area contributed by atoms with E-state index >= 15 is 0 Å². The summed E-state index contributed by atoms with van der Waals surface area (Å²) < 4.78 is 0. The summed E-state index contributed by atoms with van der Waals surface area (Å²) >= 11 is 0. The van der Waals surface area contributed by atoms with Crippen molar-refractivity contribution in [2.45, 2.75) is 58.9 Å². The van der Waals surface area contributed by atoms with Crippen LogP contribution in [0.25, 0.3) is 0 Å². The molecule has 3 heteroatoms. The molecule has 1 saturated carbocycles. The molecule has 0 spiro atoms. The molecule has 2 rings (SSSR count). The van der Waals surface area contributed by atoms with Crippen molar-refractivity contribution in [3.8, 4) is 0 Å². The number of hydrogen-bond donors (Lipinski definition) is 1. The van der Waals surface area contributed by atoms with Crippen molar-refractivity contribution in [3.05, 3.63) is 22.8 Å². The number of nitrogens with zero attached hydrogens (tertiary/aromatic N) is 2. The maximum absolute atomic E-state index is 5.84. The zero-order valence-electron chi connectivity index (χ0n) is 11.2. The average molecular weight is 233 g/mol. The molecule has 1 aliphatic rings. The Bertz CT molecular complexity index is 395. The van der Waals surface area contributed by atoms with E-state index in [2.05, 4.69) is 23.8 Å². The molecule has 3 nitrogen and oxygen atoms in total. The van der Waals surface area contributed by atoms with Crippen LogP contribution in [-0.4, -0.2) is 16.0 Å². The molecule has 0 saturated heterocycles. The summed E-state index contributed by atoms with van der Waals surface area (Å²) in [5.41, 5.74) is 9.63. The van der Waals surface area contributed by atoms with Crippen LogP contribution in [-0.2, 0) is 12.8 Å². The Morgan fingerprint density at radius 2 is 2.00 bits per heavy atom. The van der Waals surface area contributed by atoms with Crippen molar-refractivity contribution in [1.29, 1.82) is 0 Å². The predicted molar refractivity (Wildman–Crippen MR) is 69.9 cm³/mol. The molecule has 2 N–H and O–H groups in total. The molecule has 0 aromatic carbocycles. The van der Waals surface area contributed by atoms with E-state index < -0.39 is 0 Å². The fourth-order valence-corrected chi connectivity index (χ4v) is 2.25. The third-order valence-corrected chi connectivity index (χ3v) is 3.44. The summed E-state index contributed by atoms with van der Waals surface area (Å²) in [6.07, 6.45) is 5.91. The van der Waals surface area contributed by atoms with Crippen molar-refractivity contribution in [1.82, 2.24) is 9.97 Å². The second-order valence-corrected chi connectivity index (χ2v) is 5.44. The van der Waals surface area contributed by atoms with Crippen molar-refractivity contribution >= 4 is 0 Å². The molecule has 1 atom stereocenters. The van der Waals surface area contributed by atoms with Gasteiger partial charge in [0.1, 0.15) is 5.82 Å². The van der Waals surface area contributed by atoms with Gasteiger partial charge in [0.25, 0.3) is 0 Å². The summed E-state index contributed by atoms with van der Waals surface area (Å²) in [6, 6.07) is 0.249. The van der Waals surface area contributed by atoms with Crippen LogP contribution in [0.4, 0.5) is 0 Å². The van der Waals surface area contributed by atoms with E-state index in [1.807, 2.05) is 6.92 Å². The van der Waals surface area contributed by atoms with Crippen LogP contribution in [0.15, 0.2) is 0 Å².